The number of ether oxygens (including phenoxy) is 6. The molecule has 19 N–H and O–H groups in total. The summed E-state index contributed by atoms with van der Waals surface area (Å²) in [5, 5.41) is 54.7. The van der Waals surface area contributed by atoms with E-state index in [1.54, 1.807) is 0 Å². The molecule has 10 rings (SSSR count). The predicted octanol–water partition coefficient (Wildman–Crippen LogP) is -4.76. The maximum absolute atomic E-state index is 13.8. The molecule has 0 aliphatic carbocycles. The predicted molar refractivity (Wildman–Crippen MR) is 335 cm³/mol. The van der Waals surface area contributed by atoms with Gasteiger partial charge in [0.15, 0.2) is 60.0 Å². The highest BCUT2D eigenvalue weighted by Crippen LogP contribution is 2.52. The largest absolute Gasteiger partial charge is 0.472 e. The number of rotatable bonds is 30. The maximum atomic E-state index is 13.8. The average Bonchev–Trinajstić information content (AvgIpc) is 1.64. The van der Waals surface area contributed by atoms with E-state index in [9.17, 15) is 82.5 Å². The quantitative estimate of drug-likeness (QED) is 0.00871. The smallest absolute Gasteiger partial charge is 0.455 e. The van der Waals surface area contributed by atoms with E-state index in [0.29, 0.717) is 12.8 Å². The second-order valence-electron chi connectivity index (χ2n) is 22.5. The van der Waals surface area contributed by atoms with Gasteiger partial charge in [-0.2, -0.15) is 9.97 Å². The summed E-state index contributed by atoms with van der Waals surface area (Å²) in [4.78, 5) is 142. The van der Waals surface area contributed by atoms with Crippen LogP contribution in [0.3, 0.4) is 0 Å². The minimum atomic E-state index is -5.41. The first-order valence-electron chi connectivity index (χ1n) is 29.9. The van der Waals surface area contributed by atoms with Crippen LogP contribution >= 0.6 is 31.3 Å². The summed E-state index contributed by atoms with van der Waals surface area (Å²) in [5.74, 6) is -1.79. The molecule has 562 valence electrons. The highest BCUT2D eigenvalue weighted by atomic mass is 31.2. The normalized spacial score (nSPS) is 28.2. The Morgan fingerprint density at radius 3 is 1.45 bits per heavy atom. The topological polar surface area (TPSA) is 700 Å². The lowest BCUT2D eigenvalue weighted by atomic mass is 10.1. The van der Waals surface area contributed by atoms with Crippen molar-refractivity contribution in [3.8, 4) is 0 Å². The first-order valence-corrected chi connectivity index (χ1v) is 36.0. The Labute approximate surface area is 571 Å². The van der Waals surface area contributed by atoms with E-state index < -0.39 is 185 Å². The number of allylic oxidation sites excluding steroid dienone is 1. The molecule has 2 unspecified atom stereocenters. The molecule has 4 aliphatic rings. The number of imidazole rings is 2. The summed E-state index contributed by atoms with van der Waals surface area (Å²) in [5.41, 5.74) is 21.3. The molecule has 0 bridgehead atoms. The second-order valence-corrected chi connectivity index (χ2v) is 27.8. The molecule has 6 aromatic rings. The molecule has 48 nitrogen and oxygen atoms in total. The van der Waals surface area contributed by atoms with E-state index in [1.807, 2.05) is 6.92 Å². The zero-order valence-corrected chi connectivity index (χ0v) is 56.7. The standard InChI is InChI=1S/C31H45N9O17P2.C19H26N8O14P2/c1-4-6-7-20(41)38(3)16(11-51-10-5-2)30(44)56-24-17(54-29(22(24)42)40-15-36-21-26(33)34-14-35-27(21)40)13-53-59(49,50)57-25-18(12-52-58(46,47)48)55-28(23(25)43)39-9-8-19(32)37-31(39)45;20-9-1-2-26(19(31)25-9)18-13(30)14(8(40-18)4-37-42(32,33)34)41-43(35,36)38-3-7-11(28)12(29)17(39-7)27-6-24-10-15(21)22-5-23-16(10)27/h4,8-9,14-18,22-25,28-29,42-43H,1,5-7,10-13H2,2-3H3,(H,49,50)(H2,32,37,45)(H2,33,34,35)(H2,46,47,48);1-2,5-8,11-14,17-18,28-30H,3-4H2,(H,35,36)(H2,20,25,31)(H2,21,22,23)(H2,32,33,34)/t16-,17+,18+,22+,23+,24+,25+,28+,29+;7-,8-,11-,12-,13-,14-,17-,18-/m01/s1. The number of nitrogen functional groups attached to an aromatic ring is 4. The summed E-state index contributed by atoms with van der Waals surface area (Å²) in [6, 6.07) is 1.04. The van der Waals surface area contributed by atoms with Crippen LogP contribution in [0.5, 0.6) is 0 Å². The third-order valence-electron chi connectivity index (χ3n) is 15.5. The van der Waals surface area contributed by atoms with Gasteiger partial charge >= 0.3 is 48.6 Å². The van der Waals surface area contributed by atoms with Gasteiger partial charge in [0.05, 0.1) is 45.7 Å². The number of phosphoric ester groups is 4. The lowest BCUT2D eigenvalue weighted by Crippen LogP contribution is -2.49. The molecule has 4 fully saturated rings. The number of aliphatic hydroxyl groups is 5. The number of amides is 1. The number of phosphoric acid groups is 4. The molecule has 10 heterocycles. The van der Waals surface area contributed by atoms with Crippen molar-refractivity contribution in [2.75, 3.05) is 69.6 Å². The number of esters is 1. The molecular formula is C50H71N17O31P4. The SMILES string of the molecule is C=CCCC(=O)N(C)[C@@H](COCCC)C(=O)O[C@H]1[C@@H](O)[C@H](n2cnc3c(N)ncnc32)O[C@@H]1COP(=O)(O)O[C@H]1[C@@H](O)[C@H](n2ccc(N)nc2=O)O[C@@H]1COP(=O)(O)O.Nc1ccn([C@@H]2O[C@H](COP(=O)(O)O)[C@@H](OP(=O)(O)OC[C@H]3O[C@@H](n4cnc5c(N)ncnc54)[C@H](O)[C@@H]3O)[C@H]2O)c(=O)n1. The van der Waals surface area contributed by atoms with Crippen LogP contribution in [0.25, 0.3) is 22.3 Å². The zero-order chi connectivity index (χ0) is 74.5. The van der Waals surface area contributed by atoms with Gasteiger partial charge in [-0.15, -0.1) is 6.58 Å². The monoisotopic (exact) mass is 1530 g/mol. The van der Waals surface area contributed by atoms with Crippen molar-refractivity contribution >= 4 is 88.8 Å². The van der Waals surface area contributed by atoms with Crippen LogP contribution in [-0.2, 0) is 83.4 Å². The maximum Gasteiger partial charge on any atom is 0.472 e. The van der Waals surface area contributed by atoms with E-state index in [0.717, 1.165) is 39.1 Å². The number of nitrogens with zero attached hydrogens (tertiary/aromatic N) is 13. The van der Waals surface area contributed by atoms with E-state index in [2.05, 4.69) is 55.5 Å². The first kappa shape index (κ1) is 78.9. The van der Waals surface area contributed by atoms with E-state index >= 15 is 0 Å². The Morgan fingerprint density at radius 1 is 0.598 bits per heavy atom. The average molecular weight is 1530 g/mol. The summed E-state index contributed by atoms with van der Waals surface area (Å²) in [7, 11) is -19.5. The number of hydrogen-bond acceptors (Lipinski definition) is 37. The summed E-state index contributed by atoms with van der Waals surface area (Å²) < 4.78 is 117. The molecule has 52 heteroatoms. The third kappa shape index (κ3) is 18.8. The van der Waals surface area contributed by atoms with Crippen LogP contribution in [0.15, 0.2) is 72.1 Å². The number of aromatic nitrogens is 12. The number of hydrogen-bond donors (Lipinski definition) is 15. The number of fused-ring (bicyclic) bond motifs is 2. The van der Waals surface area contributed by atoms with Gasteiger partial charge in [0.2, 0.25) is 5.91 Å². The number of carbonyl (C=O) groups excluding carboxylic acids is 2. The molecule has 6 aromatic heterocycles. The number of anilines is 4. The number of carbonyl (C=O) groups is 2. The molecular weight excluding hydrogens is 1460 g/mol. The van der Waals surface area contributed by atoms with Gasteiger partial charge in [-0.3, -0.25) is 50.2 Å². The molecule has 4 saturated heterocycles. The van der Waals surface area contributed by atoms with Crippen LogP contribution in [0.1, 0.15) is 51.1 Å². The van der Waals surface area contributed by atoms with Gasteiger partial charge in [-0.1, -0.05) is 13.0 Å². The lowest BCUT2D eigenvalue weighted by Gasteiger charge is -2.29. The van der Waals surface area contributed by atoms with Crippen LogP contribution < -0.4 is 34.3 Å². The van der Waals surface area contributed by atoms with Crippen molar-refractivity contribution in [1.82, 2.24) is 63.0 Å². The fourth-order valence-corrected chi connectivity index (χ4v) is 13.2. The second kappa shape index (κ2) is 32.8. The fourth-order valence-electron chi connectivity index (χ4n) is 10.6. The molecule has 0 saturated carbocycles. The van der Waals surface area contributed by atoms with Crippen molar-refractivity contribution < 1.29 is 138 Å². The molecule has 0 aromatic carbocycles. The summed E-state index contributed by atoms with van der Waals surface area (Å²) in [6.45, 7) is 1.61. The molecule has 0 radical (unpaired) electrons. The number of likely N-dealkylation sites (N-methyl/N-ethyl adjacent to an activating group) is 1. The van der Waals surface area contributed by atoms with Crippen LogP contribution in [0, 0.1) is 0 Å². The Kier molecular flexibility index (Phi) is 25.4. The Morgan fingerprint density at radius 2 is 1.01 bits per heavy atom. The van der Waals surface area contributed by atoms with Gasteiger partial charge in [0.25, 0.3) is 0 Å². The van der Waals surface area contributed by atoms with Crippen molar-refractivity contribution in [2.45, 2.75) is 130 Å². The molecule has 0 spiro atoms. The Hall–Kier alpha value is -7.22. The van der Waals surface area contributed by atoms with E-state index in [-0.39, 0.29) is 65.2 Å². The van der Waals surface area contributed by atoms with Gasteiger partial charge in [-0.05, 0) is 25.0 Å². The van der Waals surface area contributed by atoms with E-state index in [1.165, 1.54) is 47.0 Å². The Bertz CT molecular complexity index is 4280. The van der Waals surface area contributed by atoms with Gasteiger partial charge < -0.3 is 111 Å². The highest BCUT2D eigenvalue weighted by molar-refractivity contribution is 7.47. The van der Waals surface area contributed by atoms with Crippen molar-refractivity contribution in [3.05, 3.63) is 83.5 Å². The van der Waals surface area contributed by atoms with Gasteiger partial charge in [-0.25, -0.2) is 62.5 Å². The molecule has 4 aliphatic heterocycles. The first-order chi connectivity index (χ1) is 48.0. The van der Waals surface area contributed by atoms with Crippen LogP contribution in [0.2, 0.25) is 0 Å². The molecule has 102 heavy (non-hydrogen) atoms. The third-order valence-corrected chi connectivity index (χ3v) is 18.5. The fraction of sp³-hybridized carbons (Fsp3) is 0.560. The lowest BCUT2D eigenvalue weighted by molar-refractivity contribution is -0.167. The Balaban J connectivity index is 0.000000249. The van der Waals surface area contributed by atoms with Crippen molar-refractivity contribution in [3.63, 3.8) is 0 Å². The van der Waals surface area contributed by atoms with Crippen molar-refractivity contribution in [1.29, 1.82) is 0 Å². The summed E-state index contributed by atoms with van der Waals surface area (Å²) in [6.07, 6.45) is -17.4. The minimum absolute atomic E-state index is 0.0103. The molecule has 1 amide bonds. The van der Waals surface area contributed by atoms with E-state index in [4.69, 9.17) is 79.2 Å². The number of aliphatic hydroxyl groups excluding tert-OH is 5. The highest BCUT2D eigenvalue weighted by Gasteiger charge is 2.54. The van der Waals surface area contributed by atoms with Crippen LogP contribution in [0.4, 0.5) is 23.3 Å². The summed E-state index contributed by atoms with van der Waals surface area (Å²) >= 11 is 0. The molecule has 19 atom stereocenters. The van der Waals surface area contributed by atoms with Gasteiger partial charge in [0, 0.05) is 32.5 Å². The number of nitrogens with two attached hydrogens (primary N) is 4. The van der Waals surface area contributed by atoms with Crippen molar-refractivity contribution in [2.24, 2.45) is 0 Å². The zero-order valence-electron chi connectivity index (χ0n) is 53.1. The minimum Gasteiger partial charge on any atom is -0.455 e. The van der Waals surface area contributed by atoms with Crippen LogP contribution in [-0.4, -0.2) is 256 Å². The van der Waals surface area contributed by atoms with Gasteiger partial charge in [0.1, 0.15) is 102 Å².